The highest BCUT2D eigenvalue weighted by Gasteiger charge is 2.16. The third-order valence-corrected chi connectivity index (χ3v) is 4.47. The van der Waals surface area contributed by atoms with Crippen molar-refractivity contribution in [3.63, 3.8) is 0 Å². The van der Waals surface area contributed by atoms with E-state index in [2.05, 4.69) is 31.3 Å². The zero-order valence-electron chi connectivity index (χ0n) is 9.09. The number of hydrogen-bond acceptors (Lipinski definition) is 2. The summed E-state index contributed by atoms with van der Waals surface area (Å²) in [6.07, 6.45) is 0. The first-order valence-electron chi connectivity index (χ1n) is 5.31. The summed E-state index contributed by atoms with van der Waals surface area (Å²) in [5.41, 5.74) is 2.57. The third kappa shape index (κ3) is 2.61. The maximum Gasteiger partial charge on any atom is 0.0410 e. The van der Waals surface area contributed by atoms with Crippen LogP contribution in [-0.4, -0.2) is 12.3 Å². The number of halogens is 1. The van der Waals surface area contributed by atoms with E-state index in [1.54, 1.807) is 0 Å². The molecule has 3 heteroatoms. The molecule has 1 N–H and O–H groups in total. The van der Waals surface area contributed by atoms with E-state index in [0.717, 1.165) is 17.5 Å². The quantitative estimate of drug-likeness (QED) is 0.731. The topological polar surface area (TPSA) is 12.0 Å². The van der Waals surface area contributed by atoms with E-state index in [1.807, 2.05) is 17.8 Å². The lowest BCUT2D eigenvalue weighted by molar-refractivity contribution is 0.695. The fourth-order valence-corrected chi connectivity index (χ4v) is 3.06. The van der Waals surface area contributed by atoms with Crippen LogP contribution in [0.1, 0.15) is 24.7 Å². The van der Waals surface area contributed by atoms with Crippen molar-refractivity contribution in [1.29, 1.82) is 0 Å². The minimum atomic E-state index is 0.522. The Morgan fingerprint density at radius 3 is 3.00 bits per heavy atom. The van der Waals surface area contributed by atoms with Gasteiger partial charge in [-0.1, -0.05) is 18.5 Å². The molecule has 2 unspecified atom stereocenters. The van der Waals surface area contributed by atoms with Crippen molar-refractivity contribution in [3.05, 3.63) is 28.8 Å². The summed E-state index contributed by atoms with van der Waals surface area (Å²) in [6.45, 7) is 5.58. The van der Waals surface area contributed by atoms with Crippen LogP contribution in [0.2, 0.25) is 5.02 Å². The van der Waals surface area contributed by atoms with E-state index in [4.69, 9.17) is 11.6 Å². The molecule has 0 spiro atoms. The molecule has 1 aromatic carbocycles. The number of rotatable bonds is 0. The van der Waals surface area contributed by atoms with Gasteiger partial charge in [-0.2, -0.15) is 11.8 Å². The van der Waals surface area contributed by atoms with Gasteiger partial charge in [0.15, 0.2) is 0 Å². The zero-order valence-corrected chi connectivity index (χ0v) is 10.7. The van der Waals surface area contributed by atoms with E-state index < -0.39 is 0 Å². The van der Waals surface area contributed by atoms with Crippen LogP contribution >= 0.6 is 23.4 Å². The average molecular weight is 242 g/mol. The summed E-state index contributed by atoms with van der Waals surface area (Å²) >= 11 is 8.04. The molecule has 0 saturated carbocycles. The fraction of sp³-hybridized carbons (Fsp3) is 0.500. The lowest BCUT2D eigenvalue weighted by Gasteiger charge is -2.24. The van der Waals surface area contributed by atoms with Gasteiger partial charge in [0.05, 0.1) is 0 Å². The highest BCUT2D eigenvalue weighted by atomic mass is 35.5. The third-order valence-electron chi connectivity index (χ3n) is 2.72. The average Bonchev–Trinajstić information content (AvgIpc) is 2.22. The molecule has 2 atom stereocenters. The first-order chi connectivity index (χ1) is 7.16. The minimum Gasteiger partial charge on any atom is -0.384 e. The molecule has 1 heterocycles. The second-order valence-electron chi connectivity index (χ2n) is 4.19. The van der Waals surface area contributed by atoms with Crippen LogP contribution in [0.3, 0.4) is 0 Å². The van der Waals surface area contributed by atoms with Crippen LogP contribution < -0.4 is 5.32 Å². The molecule has 0 amide bonds. The number of nitrogens with one attached hydrogen (secondary N) is 1. The Bertz CT molecular complexity index is 353. The van der Waals surface area contributed by atoms with Crippen molar-refractivity contribution >= 4 is 29.1 Å². The smallest absolute Gasteiger partial charge is 0.0410 e. The van der Waals surface area contributed by atoms with Crippen molar-refractivity contribution in [2.45, 2.75) is 19.1 Å². The second kappa shape index (κ2) is 4.67. The van der Waals surface area contributed by atoms with E-state index in [0.29, 0.717) is 5.25 Å². The Morgan fingerprint density at radius 2 is 2.20 bits per heavy atom. The molecular weight excluding hydrogens is 226 g/mol. The lowest BCUT2D eigenvalue weighted by atomic mass is 10.1. The number of benzene rings is 1. The molecule has 15 heavy (non-hydrogen) atoms. The minimum absolute atomic E-state index is 0.522. The summed E-state index contributed by atoms with van der Waals surface area (Å²) in [6, 6.07) is 6.13. The van der Waals surface area contributed by atoms with Crippen molar-refractivity contribution in [1.82, 2.24) is 0 Å². The molecule has 0 bridgehead atoms. The monoisotopic (exact) mass is 241 g/mol. The van der Waals surface area contributed by atoms with Crippen LogP contribution in [0, 0.1) is 5.92 Å². The highest BCUT2D eigenvalue weighted by molar-refractivity contribution is 7.99. The predicted molar refractivity (Wildman–Crippen MR) is 70.0 cm³/mol. The second-order valence-corrected chi connectivity index (χ2v) is 6.00. The highest BCUT2D eigenvalue weighted by Crippen LogP contribution is 2.37. The van der Waals surface area contributed by atoms with Crippen LogP contribution in [-0.2, 0) is 0 Å². The summed E-state index contributed by atoms with van der Waals surface area (Å²) in [4.78, 5) is 0. The first kappa shape index (κ1) is 11.2. The molecule has 1 aliphatic heterocycles. The Hall–Kier alpha value is -0.340. The van der Waals surface area contributed by atoms with Gasteiger partial charge in [0, 0.05) is 22.5 Å². The Kier molecular flexibility index (Phi) is 3.47. The predicted octanol–water partition coefficient (Wildman–Crippen LogP) is 4.20. The zero-order chi connectivity index (χ0) is 10.8. The Morgan fingerprint density at radius 1 is 1.40 bits per heavy atom. The van der Waals surface area contributed by atoms with Crippen LogP contribution in [0.15, 0.2) is 18.2 Å². The summed E-state index contributed by atoms with van der Waals surface area (Å²) in [5, 5.41) is 4.85. The summed E-state index contributed by atoms with van der Waals surface area (Å²) in [5.74, 6) is 1.93. The molecule has 1 nitrogen and oxygen atoms in total. The van der Waals surface area contributed by atoms with Crippen molar-refractivity contribution in [2.24, 2.45) is 5.92 Å². The van der Waals surface area contributed by atoms with Gasteiger partial charge in [0.1, 0.15) is 0 Å². The van der Waals surface area contributed by atoms with Crippen molar-refractivity contribution in [2.75, 3.05) is 17.6 Å². The molecule has 0 fully saturated rings. The normalized spacial score (nSPS) is 26.1. The lowest BCUT2D eigenvalue weighted by Crippen LogP contribution is -2.17. The van der Waals surface area contributed by atoms with Crippen LogP contribution in [0.5, 0.6) is 0 Å². The van der Waals surface area contributed by atoms with Gasteiger partial charge in [0.2, 0.25) is 0 Å². The number of hydrogen-bond donors (Lipinski definition) is 1. The van der Waals surface area contributed by atoms with Gasteiger partial charge >= 0.3 is 0 Å². The molecular formula is C12H16ClNS. The number of thioether (sulfide) groups is 1. The standard InChI is InChI=1S/C12H16ClNS/c1-8-6-14-12-4-3-10(13)5-11(12)9(2)15-7-8/h3-5,8-9,14H,6-7H2,1-2H3. The SMILES string of the molecule is CC1CNc2ccc(Cl)cc2C(C)SC1. The maximum absolute atomic E-state index is 6.03. The molecule has 0 aromatic heterocycles. The van der Waals surface area contributed by atoms with Crippen molar-refractivity contribution < 1.29 is 0 Å². The Labute approximate surface area is 101 Å². The summed E-state index contributed by atoms with van der Waals surface area (Å²) < 4.78 is 0. The molecule has 1 aliphatic rings. The van der Waals surface area contributed by atoms with E-state index in [1.165, 1.54) is 17.0 Å². The maximum atomic E-state index is 6.03. The van der Waals surface area contributed by atoms with E-state index >= 15 is 0 Å². The molecule has 0 radical (unpaired) electrons. The molecule has 0 aliphatic carbocycles. The van der Waals surface area contributed by atoms with Gasteiger partial charge < -0.3 is 5.32 Å². The molecule has 82 valence electrons. The van der Waals surface area contributed by atoms with Gasteiger partial charge in [-0.25, -0.2) is 0 Å². The van der Waals surface area contributed by atoms with Crippen LogP contribution in [0.4, 0.5) is 5.69 Å². The molecule has 1 aromatic rings. The fourth-order valence-electron chi connectivity index (χ4n) is 1.77. The molecule has 2 rings (SSSR count). The van der Waals surface area contributed by atoms with Gasteiger partial charge in [-0.3, -0.25) is 0 Å². The number of fused-ring (bicyclic) bond motifs is 1. The van der Waals surface area contributed by atoms with Gasteiger partial charge in [0.25, 0.3) is 0 Å². The Balaban J connectivity index is 2.33. The van der Waals surface area contributed by atoms with Crippen molar-refractivity contribution in [3.8, 4) is 0 Å². The number of anilines is 1. The largest absolute Gasteiger partial charge is 0.384 e. The van der Waals surface area contributed by atoms with E-state index in [9.17, 15) is 0 Å². The van der Waals surface area contributed by atoms with Gasteiger partial charge in [-0.05, 0) is 42.4 Å². The van der Waals surface area contributed by atoms with E-state index in [-0.39, 0.29) is 0 Å². The van der Waals surface area contributed by atoms with Gasteiger partial charge in [-0.15, -0.1) is 0 Å². The van der Waals surface area contributed by atoms with Crippen LogP contribution in [0.25, 0.3) is 0 Å². The first-order valence-corrected chi connectivity index (χ1v) is 6.74. The molecule has 0 saturated heterocycles. The summed E-state index contributed by atoms with van der Waals surface area (Å²) in [7, 11) is 0.